The summed E-state index contributed by atoms with van der Waals surface area (Å²) >= 11 is 1.39. The summed E-state index contributed by atoms with van der Waals surface area (Å²) in [5.41, 5.74) is 0.419. The Balaban J connectivity index is 2.61. The molecular weight excluding hydrogens is 264 g/mol. The molecule has 1 heterocycles. The molecule has 1 aromatic heterocycles. The Morgan fingerprint density at radius 3 is 2.63 bits per heavy atom. The highest BCUT2D eigenvalue weighted by molar-refractivity contribution is 7.98. The molecule has 0 aliphatic rings. The minimum atomic E-state index is -0.427. The molecule has 2 rings (SSSR count). The number of nitro groups is 1. The number of nitro benzene ring substituents is 1. The number of rotatable bonds is 4. The summed E-state index contributed by atoms with van der Waals surface area (Å²) in [6.45, 7) is 1.93. The van der Waals surface area contributed by atoms with Crippen LogP contribution in [-0.2, 0) is 6.42 Å². The number of benzene rings is 1. The molecule has 0 fully saturated rings. The molecule has 7 heteroatoms. The zero-order valence-corrected chi connectivity index (χ0v) is 11.3. The Kier molecular flexibility index (Phi) is 4.06. The van der Waals surface area contributed by atoms with Crippen molar-refractivity contribution in [3.8, 4) is 11.4 Å². The highest BCUT2D eigenvalue weighted by Crippen LogP contribution is 2.27. The molecule has 6 nitrogen and oxygen atoms in total. The molecule has 0 unspecified atom stereocenters. The smallest absolute Gasteiger partial charge is 0.258 e. The quantitative estimate of drug-likeness (QED) is 0.485. The van der Waals surface area contributed by atoms with E-state index in [0.29, 0.717) is 28.8 Å². The fourth-order valence-corrected chi connectivity index (χ4v) is 1.96. The lowest BCUT2D eigenvalue weighted by atomic mass is 10.1. The molecule has 19 heavy (non-hydrogen) atoms. The first-order valence-electron chi connectivity index (χ1n) is 5.68. The van der Waals surface area contributed by atoms with Gasteiger partial charge in [0.15, 0.2) is 11.0 Å². The summed E-state index contributed by atoms with van der Waals surface area (Å²) in [4.78, 5) is 23.4. The molecule has 0 amide bonds. The number of nitrogens with zero attached hydrogens (tertiary/aromatic N) is 4. The lowest BCUT2D eigenvalue weighted by Crippen LogP contribution is -2.02. The maximum atomic E-state index is 11.0. The van der Waals surface area contributed by atoms with Crippen molar-refractivity contribution in [2.45, 2.75) is 18.5 Å². The Hall–Kier alpha value is -2.02. The lowest BCUT2D eigenvalue weighted by molar-refractivity contribution is -0.384. The number of hydrogen-bond acceptors (Lipinski definition) is 6. The van der Waals surface area contributed by atoms with E-state index < -0.39 is 4.92 Å². The van der Waals surface area contributed by atoms with Gasteiger partial charge in [-0.3, -0.25) is 10.1 Å². The number of aryl methyl sites for hydroxylation is 1. The first kappa shape index (κ1) is 13.4. The van der Waals surface area contributed by atoms with E-state index in [1.54, 1.807) is 18.2 Å². The third-order valence-corrected chi connectivity index (χ3v) is 3.05. The summed E-state index contributed by atoms with van der Waals surface area (Å²) in [6, 6.07) is 6.45. The molecule has 0 atom stereocenters. The van der Waals surface area contributed by atoms with Gasteiger partial charge in [-0.25, -0.2) is 15.0 Å². The van der Waals surface area contributed by atoms with E-state index in [-0.39, 0.29) is 5.69 Å². The number of hydrogen-bond donors (Lipinski definition) is 0. The molecule has 2 aromatic rings. The van der Waals surface area contributed by atoms with Gasteiger partial charge >= 0.3 is 0 Å². The SMILES string of the molecule is CCc1nc(SC)nc(-c2ccccc2[N+](=O)[O-])n1. The molecule has 98 valence electrons. The molecule has 0 aliphatic heterocycles. The topological polar surface area (TPSA) is 81.8 Å². The molecular formula is C12H12N4O2S. The number of aromatic nitrogens is 3. The van der Waals surface area contributed by atoms with Crippen molar-refractivity contribution in [2.24, 2.45) is 0 Å². The van der Waals surface area contributed by atoms with Gasteiger partial charge in [0.25, 0.3) is 5.69 Å². The third-order valence-electron chi connectivity index (χ3n) is 2.50. The Labute approximate surface area is 114 Å². The molecule has 0 radical (unpaired) electrons. The van der Waals surface area contributed by atoms with Gasteiger partial charge in [-0.2, -0.15) is 0 Å². The monoisotopic (exact) mass is 276 g/mol. The predicted molar refractivity (Wildman–Crippen MR) is 73.1 cm³/mol. The van der Waals surface area contributed by atoms with Crippen molar-refractivity contribution < 1.29 is 4.92 Å². The number of thioether (sulfide) groups is 1. The van der Waals surface area contributed by atoms with Crippen LogP contribution < -0.4 is 0 Å². The minimum absolute atomic E-state index is 0.00260. The zero-order chi connectivity index (χ0) is 13.8. The molecule has 0 spiro atoms. The number of para-hydroxylation sites is 1. The normalized spacial score (nSPS) is 10.4. The van der Waals surface area contributed by atoms with Crippen LogP contribution in [0.3, 0.4) is 0 Å². The molecule has 1 aromatic carbocycles. The highest BCUT2D eigenvalue weighted by Gasteiger charge is 2.17. The van der Waals surface area contributed by atoms with Crippen molar-refractivity contribution in [2.75, 3.05) is 6.26 Å². The summed E-state index contributed by atoms with van der Waals surface area (Å²) in [7, 11) is 0. The van der Waals surface area contributed by atoms with Crippen LogP contribution in [0.15, 0.2) is 29.4 Å². The zero-order valence-electron chi connectivity index (χ0n) is 10.5. The fraction of sp³-hybridized carbons (Fsp3) is 0.250. The predicted octanol–water partition coefficient (Wildman–Crippen LogP) is 2.73. The summed E-state index contributed by atoms with van der Waals surface area (Å²) < 4.78 is 0. The fourth-order valence-electron chi connectivity index (χ4n) is 1.59. The van der Waals surface area contributed by atoms with E-state index in [2.05, 4.69) is 15.0 Å². The van der Waals surface area contributed by atoms with E-state index in [1.807, 2.05) is 13.2 Å². The van der Waals surface area contributed by atoms with Gasteiger partial charge in [0, 0.05) is 12.5 Å². The average Bonchev–Trinajstić information content (AvgIpc) is 2.46. The van der Waals surface area contributed by atoms with Crippen LogP contribution >= 0.6 is 11.8 Å². The van der Waals surface area contributed by atoms with E-state index >= 15 is 0 Å². The van der Waals surface area contributed by atoms with Crippen LogP contribution in [0, 0.1) is 10.1 Å². The van der Waals surface area contributed by atoms with Crippen molar-refractivity contribution >= 4 is 17.4 Å². The Morgan fingerprint density at radius 1 is 1.26 bits per heavy atom. The van der Waals surface area contributed by atoms with Gasteiger partial charge in [0.1, 0.15) is 5.82 Å². The summed E-state index contributed by atoms with van der Waals surface area (Å²) in [6.07, 6.45) is 2.52. The van der Waals surface area contributed by atoms with Gasteiger partial charge < -0.3 is 0 Å². The van der Waals surface area contributed by atoms with Crippen molar-refractivity contribution in [1.82, 2.24) is 15.0 Å². The maximum absolute atomic E-state index is 11.0. The molecule has 0 bridgehead atoms. The van der Waals surface area contributed by atoms with Crippen LogP contribution in [0.4, 0.5) is 5.69 Å². The lowest BCUT2D eigenvalue weighted by Gasteiger charge is -2.05. The van der Waals surface area contributed by atoms with Crippen LogP contribution in [0.25, 0.3) is 11.4 Å². The van der Waals surface area contributed by atoms with Crippen molar-refractivity contribution in [3.63, 3.8) is 0 Å². The van der Waals surface area contributed by atoms with Crippen molar-refractivity contribution in [1.29, 1.82) is 0 Å². The highest BCUT2D eigenvalue weighted by atomic mass is 32.2. The first-order chi connectivity index (χ1) is 9.15. The summed E-state index contributed by atoms with van der Waals surface area (Å²) in [5, 5.41) is 11.6. The van der Waals surface area contributed by atoms with E-state index in [1.165, 1.54) is 17.8 Å². The average molecular weight is 276 g/mol. The minimum Gasteiger partial charge on any atom is -0.258 e. The molecule has 0 saturated heterocycles. The van der Waals surface area contributed by atoms with Gasteiger partial charge in [-0.1, -0.05) is 30.8 Å². The standard InChI is InChI=1S/C12H12N4O2S/c1-3-10-13-11(15-12(14-10)19-2)8-6-4-5-7-9(8)16(17)18/h4-7H,3H2,1-2H3. The van der Waals surface area contributed by atoms with Crippen LogP contribution in [-0.4, -0.2) is 26.1 Å². The van der Waals surface area contributed by atoms with Crippen LogP contribution in [0.1, 0.15) is 12.7 Å². The Morgan fingerprint density at radius 2 is 2.00 bits per heavy atom. The van der Waals surface area contributed by atoms with Gasteiger partial charge in [0.05, 0.1) is 10.5 Å². The maximum Gasteiger partial charge on any atom is 0.280 e. The second-order valence-electron chi connectivity index (χ2n) is 3.69. The Bertz CT molecular complexity index is 596. The third kappa shape index (κ3) is 2.87. The second kappa shape index (κ2) is 5.75. The van der Waals surface area contributed by atoms with Crippen LogP contribution in [0.2, 0.25) is 0 Å². The van der Waals surface area contributed by atoms with E-state index in [9.17, 15) is 10.1 Å². The van der Waals surface area contributed by atoms with E-state index in [4.69, 9.17) is 0 Å². The first-order valence-corrected chi connectivity index (χ1v) is 6.91. The van der Waals surface area contributed by atoms with Gasteiger partial charge in [-0.05, 0) is 12.3 Å². The van der Waals surface area contributed by atoms with Gasteiger partial charge in [-0.15, -0.1) is 0 Å². The van der Waals surface area contributed by atoms with Crippen LogP contribution in [0.5, 0.6) is 0 Å². The van der Waals surface area contributed by atoms with E-state index in [0.717, 1.165) is 0 Å². The molecule has 0 aliphatic carbocycles. The molecule has 0 saturated carbocycles. The van der Waals surface area contributed by atoms with Gasteiger partial charge in [0.2, 0.25) is 0 Å². The molecule has 0 N–H and O–H groups in total. The van der Waals surface area contributed by atoms with Crippen molar-refractivity contribution in [3.05, 3.63) is 40.2 Å². The second-order valence-corrected chi connectivity index (χ2v) is 4.46. The summed E-state index contributed by atoms with van der Waals surface area (Å²) in [5.74, 6) is 0.982. The largest absolute Gasteiger partial charge is 0.280 e.